The van der Waals surface area contributed by atoms with Gasteiger partial charge in [0.05, 0.1) is 6.10 Å². The number of hydrogen-bond acceptors (Lipinski definition) is 3. The Morgan fingerprint density at radius 2 is 2.05 bits per heavy atom. The first-order chi connectivity index (χ1) is 10.5. The number of aldehydes is 1. The molecule has 1 aliphatic rings. The fraction of sp³-hybridized carbons (Fsp3) is 0.278. The van der Waals surface area contributed by atoms with Crippen molar-refractivity contribution in [2.75, 3.05) is 18.5 Å². The zero-order valence-electron chi connectivity index (χ0n) is 12.8. The van der Waals surface area contributed by atoms with Crippen LogP contribution in [0.15, 0.2) is 46.9 Å². The number of likely N-dealkylation sites (N-methyl/N-ethyl adjacent to an activating group) is 1. The van der Waals surface area contributed by atoms with Gasteiger partial charge in [-0.1, -0.05) is 39.7 Å². The molecule has 2 aromatic rings. The van der Waals surface area contributed by atoms with Crippen LogP contribution < -0.4 is 4.90 Å². The summed E-state index contributed by atoms with van der Waals surface area (Å²) in [5.41, 5.74) is 4.32. The highest BCUT2D eigenvalue weighted by Gasteiger charge is 2.19. The first-order valence-corrected chi connectivity index (χ1v) is 7.98. The second kappa shape index (κ2) is 7.56. The normalized spacial score (nSPS) is 16.4. The lowest BCUT2D eigenvalue weighted by Crippen LogP contribution is -2.35. The van der Waals surface area contributed by atoms with Crippen LogP contribution in [0.2, 0.25) is 0 Å². The van der Waals surface area contributed by atoms with Gasteiger partial charge in [0.2, 0.25) is 0 Å². The summed E-state index contributed by atoms with van der Waals surface area (Å²) >= 11 is 3.43. The third kappa shape index (κ3) is 4.42. The van der Waals surface area contributed by atoms with E-state index in [0.717, 1.165) is 34.9 Å². The molecule has 1 heterocycles. The molecule has 1 atom stereocenters. The molecule has 22 heavy (non-hydrogen) atoms. The second-order valence-corrected chi connectivity index (χ2v) is 6.46. The standard InChI is InChI=1S/C10H12BrNO.C8H8O/c1-12-6-9(13)5-7-4-8(11)2-3-10(7)12;1-7-3-2-4-8(5-7)6-9/h2-4,9,13H,5-6H2,1H3;2-6H,1H3. The lowest BCUT2D eigenvalue weighted by Gasteiger charge is -2.30. The minimum absolute atomic E-state index is 0.230. The number of rotatable bonds is 1. The van der Waals surface area contributed by atoms with Gasteiger partial charge in [-0.25, -0.2) is 0 Å². The van der Waals surface area contributed by atoms with E-state index in [1.807, 2.05) is 38.2 Å². The van der Waals surface area contributed by atoms with Crippen LogP contribution in [0.5, 0.6) is 0 Å². The monoisotopic (exact) mass is 361 g/mol. The second-order valence-electron chi connectivity index (χ2n) is 5.54. The van der Waals surface area contributed by atoms with Gasteiger partial charge in [-0.15, -0.1) is 0 Å². The van der Waals surface area contributed by atoms with Crippen molar-refractivity contribution >= 4 is 27.9 Å². The molecule has 0 saturated heterocycles. The molecule has 3 rings (SSSR count). The van der Waals surface area contributed by atoms with Crippen LogP contribution in [0.4, 0.5) is 5.69 Å². The van der Waals surface area contributed by atoms with E-state index >= 15 is 0 Å². The molecule has 2 aromatic carbocycles. The molecule has 0 spiro atoms. The van der Waals surface area contributed by atoms with Crippen LogP contribution in [0.3, 0.4) is 0 Å². The molecule has 0 aromatic heterocycles. The molecule has 0 amide bonds. The summed E-state index contributed by atoms with van der Waals surface area (Å²) in [5, 5.41) is 9.56. The molecule has 0 fully saturated rings. The highest BCUT2D eigenvalue weighted by molar-refractivity contribution is 9.10. The Labute approximate surface area is 139 Å². The van der Waals surface area contributed by atoms with Gasteiger partial charge in [0, 0.05) is 35.7 Å². The Kier molecular flexibility index (Phi) is 5.75. The number of carbonyl (C=O) groups excluding carboxylic acids is 1. The number of fused-ring (bicyclic) bond motifs is 1. The number of aliphatic hydroxyl groups is 1. The van der Waals surface area contributed by atoms with Crippen molar-refractivity contribution in [3.63, 3.8) is 0 Å². The van der Waals surface area contributed by atoms with Crippen LogP contribution in [0.1, 0.15) is 21.5 Å². The molecule has 0 saturated carbocycles. The molecule has 1 unspecified atom stereocenters. The molecule has 1 aliphatic heterocycles. The van der Waals surface area contributed by atoms with Gasteiger partial charge >= 0.3 is 0 Å². The molecule has 0 bridgehead atoms. The lowest BCUT2D eigenvalue weighted by molar-refractivity contribution is 0.112. The van der Waals surface area contributed by atoms with E-state index in [9.17, 15) is 9.90 Å². The van der Waals surface area contributed by atoms with Gasteiger partial charge in [0.1, 0.15) is 6.29 Å². The summed E-state index contributed by atoms with van der Waals surface area (Å²) in [6.07, 6.45) is 1.39. The largest absolute Gasteiger partial charge is 0.391 e. The molecule has 116 valence electrons. The number of nitrogens with zero attached hydrogens (tertiary/aromatic N) is 1. The molecule has 3 nitrogen and oxygen atoms in total. The molecule has 4 heteroatoms. The number of halogens is 1. The third-order valence-corrected chi connectivity index (χ3v) is 4.06. The van der Waals surface area contributed by atoms with E-state index in [0.29, 0.717) is 0 Å². The summed E-state index contributed by atoms with van der Waals surface area (Å²) in [4.78, 5) is 12.3. The maximum atomic E-state index is 10.2. The van der Waals surface area contributed by atoms with E-state index < -0.39 is 0 Å². The lowest BCUT2D eigenvalue weighted by atomic mass is 10.0. The van der Waals surface area contributed by atoms with Crippen molar-refractivity contribution in [2.24, 2.45) is 0 Å². The summed E-state index contributed by atoms with van der Waals surface area (Å²) < 4.78 is 1.08. The summed E-state index contributed by atoms with van der Waals surface area (Å²) in [5.74, 6) is 0. The van der Waals surface area contributed by atoms with Crippen LogP contribution in [-0.2, 0) is 6.42 Å². The number of hydrogen-bond donors (Lipinski definition) is 1. The number of anilines is 1. The van der Waals surface area contributed by atoms with Crippen LogP contribution in [-0.4, -0.2) is 31.1 Å². The van der Waals surface area contributed by atoms with Crippen molar-refractivity contribution in [1.29, 1.82) is 0 Å². The molecular formula is C18H20BrNO2. The van der Waals surface area contributed by atoms with E-state index in [2.05, 4.69) is 33.0 Å². The minimum Gasteiger partial charge on any atom is -0.391 e. The van der Waals surface area contributed by atoms with Crippen LogP contribution >= 0.6 is 15.9 Å². The van der Waals surface area contributed by atoms with Crippen molar-refractivity contribution in [2.45, 2.75) is 19.4 Å². The number of benzene rings is 2. The molecule has 0 aliphatic carbocycles. The van der Waals surface area contributed by atoms with Gasteiger partial charge in [-0.05, 0) is 36.8 Å². The van der Waals surface area contributed by atoms with Gasteiger partial charge < -0.3 is 10.0 Å². The van der Waals surface area contributed by atoms with Gasteiger partial charge in [-0.3, -0.25) is 4.79 Å². The SMILES string of the molecule is CN1CC(O)Cc2cc(Br)ccc21.Cc1cccc(C=O)c1. The Hall–Kier alpha value is -1.65. The van der Waals surface area contributed by atoms with Crippen LogP contribution in [0.25, 0.3) is 0 Å². The maximum absolute atomic E-state index is 10.2. The molecule has 1 N–H and O–H groups in total. The zero-order valence-corrected chi connectivity index (χ0v) is 14.4. The third-order valence-electron chi connectivity index (χ3n) is 3.57. The maximum Gasteiger partial charge on any atom is 0.150 e. The summed E-state index contributed by atoms with van der Waals surface area (Å²) in [7, 11) is 2.01. The minimum atomic E-state index is -0.230. The quantitative estimate of drug-likeness (QED) is 0.788. The van der Waals surface area contributed by atoms with Gasteiger partial charge in [-0.2, -0.15) is 0 Å². The summed E-state index contributed by atoms with van der Waals surface area (Å²) in [6, 6.07) is 13.7. The Morgan fingerprint density at radius 1 is 1.27 bits per heavy atom. The molecule has 0 radical (unpaired) electrons. The molecular weight excluding hydrogens is 342 g/mol. The van der Waals surface area contributed by atoms with Crippen LogP contribution in [0, 0.1) is 6.92 Å². The number of aryl methyl sites for hydroxylation is 1. The Bertz CT molecular complexity index is 657. The van der Waals surface area contributed by atoms with E-state index in [1.165, 1.54) is 11.3 Å². The highest BCUT2D eigenvalue weighted by Crippen LogP contribution is 2.28. The fourth-order valence-corrected chi connectivity index (χ4v) is 2.97. The Morgan fingerprint density at radius 3 is 2.68 bits per heavy atom. The summed E-state index contributed by atoms with van der Waals surface area (Å²) in [6.45, 7) is 2.70. The van der Waals surface area contributed by atoms with Crippen molar-refractivity contribution in [3.8, 4) is 0 Å². The average Bonchev–Trinajstić information content (AvgIpc) is 2.47. The highest BCUT2D eigenvalue weighted by atomic mass is 79.9. The van der Waals surface area contributed by atoms with Crippen molar-refractivity contribution in [3.05, 3.63) is 63.6 Å². The smallest absolute Gasteiger partial charge is 0.150 e. The Balaban J connectivity index is 0.000000172. The average molecular weight is 362 g/mol. The number of carbonyl (C=O) groups is 1. The van der Waals surface area contributed by atoms with Gasteiger partial charge in [0.15, 0.2) is 0 Å². The van der Waals surface area contributed by atoms with Crippen molar-refractivity contribution in [1.82, 2.24) is 0 Å². The zero-order chi connectivity index (χ0) is 16.1. The van der Waals surface area contributed by atoms with Gasteiger partial charge in [0.25, 0.3) is 0 Å². The van der Waals surface area contributed by atoms with E-state index in [4.69, 9.17) is 0 Å². The predicted molar refractivity (Wildman–Crippen MR) is 93.7 cm³/mol. The van der Waals surface area contributed by atoms with E-state index in [1.54, 1.807) is 6.07 Å². The first kappa shape index (κ1) is 16.7. The number of aliphatic hydroxyl groups excluding tert-OH is 1. The fourth-order valence-electron chi connectivity index (χ4n) is 2.57. The topological polar surface area (TPSA) is 40.5 Å². The van der Waals surface area contributed by atoms with Crippen molar-refractivity contribution < 1.29 is 9.90 Å². The number of β-amino-alcohol motifs (C(OH)–C–C–N with tert-alkyl or cyclic N) is 1. The predicted octanol–water partition coefficient (Wildman–Crippen LogP) is 3.61. The first-order valence-electron chi connectivity index (χ1n) is 7.19. The van der Waals surface area contributed by atoms with E-state index in [-0.39, 0.29) is 6.10 Å².